The molecule has 114 valence electrons. The van der Waals surface area contributed by atoms with E-state index in [0.717, 1.165) is 25.1 Å². The van der Waals surface area contributed by atoms with E-state index in [1.807, 2.05) is 6.26 Å². The molecule has 20 heavy (non-hydrogen) atoms. The Kier molecular flexibility index (Phi) is 7.38. The summed E-state index contributed by atoms with van der Waals surface area (Å²) >= 11 is 1.59. The summed E-state index contributed by atoms with van der Waals surface area (Å²) in [5.41, 5.74) is 4.99. The summed E-state index contributed by atoms with van der Waals surface area (Å²) in [4.78, 5) is 34.6. The first-order valence-corrected chi connectivity index (χ1v) is 8.02. The molecule has 1 aliphatic rings. The number of nitrogens with one attached hydrogen (secondary N) is 3. The quantitative estimate of drug-likeness (QED) is 0.439. The van der Waals surface area contributed by atoms with Crippen LogP contribution in [0.2, 0.25) is 0 Å². The van der Waals surface area contributed by atoms with Crippen molar-refractivity contribution in [2.75, 3.05) is 25.1 Å². The van der Waals surface area contributed by atoms with Gasteiger partial charge in [-0.2, -0.15) is 11.8 Å². The number of primary amides is 1. The van der Waals surface area contributed by atoms with Crippen molar-refractivity contribution < 1.29 is 14.4 Å². The molecule has 1 aliphatic heterocycles. The number of hydrogen-bond acceptors (Lipinski definition) is 5. The normalized spacial score (nSPS) is 19.4. The summed E-state index contributed by atoms with van der Waals surface area (Å²) in [6.45, 7) is 0.605. The highest BCUT2D eigenvalue weighted by Gasteiger charge is 2.27. The summed E-state index contributed by atoms with van der Waals surface area (Å²) in [5, 5.41) is 8.25. The van der Waals surface area contributed by atoms with Gasteiger partial charge in [-0.15, -0.1) is 0 Å². The van der Waals surface area contributed by atoms with Gasteiger partial charge >= 0.3 is 0 Å². The number of amides is 3. The Morgan fingerprint density at radius 3 is 2.75 bits per heavy atom. The van der Waals surface area contributed by atoms with Crippen LogP contribution in [0.4, 0.5) is 0 Å². The molecule has 0 unspecified atom stereocenters. The van der Waals surface area contributed by atoms with Crippen molar-refractivity contribution in [2.45, 2.75) is 31.3 Å². The predicted octanol–water partition coefficient (Wildman–Crippen LogP) is -1.42. The average molecular weight is 302 g/mol. The molecule has 0 aromatic rings. The Morgan fingerprint density at radius 1 is 1.45 bits per heavy atom. The van der Waals surface area contributed by atoms with Gasteiger partial charge in [-0.3, -0.25) is 14.4 Å². The van der Waals surface area contributed by atoms with E-state index in [4.69, 9.17) is 5.73 Å². The zero-order valence-corrected chi connectivity index (χ0v) is 12.4. The first-order valence-electron chi connectivity index (χ1n) is 6.63. The van der Waals surface area contributed by atoms with E-state index in [0.29, 0.717) is 6.42 Å². The molecule has 1 heterocycles. The van der Waals surface area contributed by atoms with Gasteiger partial charge in [0.1, 0.15) is 6.04 Å². The van der Waals surface area contributed by atoms with E-state index in [-0.39, 0.29) is 24.4 Å². The molecular formula is C12H22N4O3S. The molecule has 0 radical (unpaired) electrons. The highest BCUT2D eigenvalue weighted by molar-refractivity contribution is 7.98. The number of carbonyl (C=O) groups excluding carboxylic acids is 3. The minimum atomic E-state index is -0.628. The monoisotopic (exact) mass is 302 g/mol. The van der Waals surface area contributed by atoms with Crippen LogP contribution in [-0.2, 0) is 14.4 Å². The molecule has 3 amide bonds. The van der Waals surface area contributed by atoms with Crippen molar-refractivity contribution in [3.05, 3.63) is 0 Å². The number of rotatable bonds is 8. The molecule has 1 fully saturated rings. The standard InChI is InChI=1S/C12H22N4O3S/c1-20-6-4-9(11(18)15-7-10(13)17)16-12(19)8-3-2-5-14-8/h8-9,14H,2-7H2,1H3,(H2,13,17)(H,15,18)(H,16,19)/t8-,9-/m0/s1. The molecule has 5 N–H and O–H groups in total. The van der Waals surface area contributed by atoms with Crippen LogP contribution in [-0.4, -0.2) is 54.9 Å². The Morgan fingerprint density at radius 2 is 2.20 bits per heavy atom. The third-order valence-electron chi connectivity index (χ3n) is 3.06. The second kappa shape index (κ2) is 8.80. The molecular weight excluding hydrogens is 280 g/mol. The van der Waals surface area contributed by atoms with Crippen LogP contribution in [0.5, 0.6) is 0 Å². The first kappa shape index (κ1) is 16.8. The second-order valence-electron chi connectivity index (χ2n) is 4.68. The summed E-state index contributed by atoms with van der Waals surface area (Å²) in [6, 6.07) is -0.854. The van der Waals surface area contributed by atoms with Crippen LogP contribution in [0.25, 0.3) is 0 Å². The largest absolute Gasteiger partial charge is 0.368 e. The summed E-state index contributed by atoms with van der Waals surface area (Å²) in [5.74, 6) is -0.398. The van der Waals surface area contributed by atoms with Gasteiger partial charge in [-0.05, 0) is 37.8 Å². The lowest BCUT2D eigenvalue weighted by Crippen LogP contribution is -2.52. The third-order valence-corrected chi connectivity index (χ3v) is 3.70. The van der Waals surface area contributed by atoms with E-state index in [1.54, 1.807) is 11.8 Å². The van der Waals surface area contributed by atoms with Gasteiger partial charge < -0.3 is 21.7 Å². The summed E-state index contributed by atoms with van der Waals surface area (Å²) in [6.07, 6.45) is 4.19. The maximum atomic E-state index is 12.0. The fourth-order valence-corrected chi connectivity index (χ4v) is 2.45. The van der Waals surface area contributed by atoms with Gasteiger partial charge in [0.2, 0.25) is 17.7 Å². The van der Waals surface area contributed by atoms with Crippen molar-refractivity contribution in [2.24, 2.45) is 5.73 Å². The average Bonchev–Trinajstić information content (AvgIpc) is 2.94. The van der Waals surface area contributed by atoms with Gasteiger partial charge in [-0.25, -0.2) is 0 Å². The van der Waals surface area contributed by atoms with E-state index in [2.05, 4.69) is 16.0 Å². The zero-order chi connectivity index (χ0) is 15.0. The molecule has 0 spiro atoms. The first-order chi connectivity index (χ1) is 9.54. The number of hydrogen-bond donors (Lipinski definition) is 4. The van der Waals surface area contributed by atoms with E-state index < -0.39 is 11.9 Å². The minimum absolute atomic E-state index is 0.164. The highest BCUT2D eigenvalue weighted by atomic mass is 32.2. The summed E-state index contributed by atoms with van der Waals surface area (Å²) in [7, 11) is 0. The van der Waals surface area contributed by atoms with Crippen molar-refractivity contribution in [1.29, 1.82) is 0 Å². The van der Waals surface area contributed by atoms with Crippen LogP contribution in [0.3, 0.4) is 0 Å². The highest BCUT2D eigenvalue weighted by Crippen LogP contribution is 2.07. The lowest BCUT2D eigenvalue weighted by molar-refractivity contribution is -0.130. The molecule has 1 rings (SSSR count). The molecule has 8 heteroatoms. The molecule has 0 aromatic heterocycles. The second-order valence-corrected chi connectivity index (χ2v) is 5.66. The maximum Gasteiger partial charge on any atom is 0.243 e. The van der Waals surface area contributed by atoms with Gasteiger partial charge in [0, 0.05) is 0 Å². The van der Waals surface area contributed by atoms with Crippen molar-refractivity contribution in [1.82, 2.24) is 16.0 Å². The SMILES string of the molecule is CSCC[C@H](NC(=O)[C@@H]1CCCN1)C(=O)NCC(N)=O. The minimum Gasteiger partial charge on any atom is -0.368 e. The lowest BCUT2D eigenvalue weighted by Gasteiger charge is -2.20. The molecule has 0 aromatic carbocycles. The molecule has 2 atom stereocenters. The smallest absolute Gasteiger partial charge is 0.243 e. The Bertz CT molecular complexity index is 359. The van der Waals surface area contributed by atoms with Gasteiger partial charge in [0.25, 0.3) is 0 Å². The fourth-order valence-electron chi connectivity index (χ4n) is 1.98. The van der Waals surface area contributed by atoms with Gasteiger partial charge in [0.15, 0.2) is 0 Å². The molecule has 7 nitrogen and oxygen atoms in total. The maximum absolute atomic E-state index is 12.0. The Hall–Kier alpha value is -1.28. The number of carbonyl (C=O) groups is 3. The zero-order valence-electron chi connectivity index (χ0n) is 11.6. The summed E-state index contributed by atoms with van der Waals surface area (Å²) < 4.78 is 0. The fraction of sp³-hybridized carbons (Fsp3) is 0.750. The van der Waals surface area contributed by atoms with Crippen LogP contribution in [0.15, 0.2) is 0 Å². The van der Waals surface area contributed by atoms with Crippen molar-refractivity contribution in [3.63, 3.8) is 0 Å². The Labute approximate surface area is 122 Å². The van der Waals surface area contributed by atoms with E-state index in [9.17, 15) is 14.4 Å². The molecule has 0 bridgehead atoms. The van der Waals surface area contributed by atoms with Crippen molar-refractivity contribution in [3.8, 4) is 0 Å². The van der Waals surface area contributed by atoms with Crippen LogP contribution >= 0.6 is 11.8 Å². The van der Waals surface area contributed by atoms with E-state index >= 15 is 0 Å². The molecule has 1 saturated heterocycles. The molecule has 0 saturated carbocycles. The van der Waals surface area contributed by atoms with Crippen LogP contribution < -0.4 is 21.7 Å². The number of thioether (sulfide) groups is 1. The lowest BCUT2D eigenvalue weighted by atomic mass is 10.1. The van der Waals surface area contributed by atoms with Gasteiger partial charge in [-0.1, -0.05) is 0 Å². The number of nitrogens with two attached hydrogens (primary N) is 1. The topological polar surface area (TPSA) is 113 Å². The predicted molar refractivity (Wildman–Crippen MR) is 78.2 cm³/mol. The third kappa shape index (κ3) is 5.79. The van der Waals surface area contributed by atoms with E-state index in [1.165, 1.54) is 0 Å². The Balaban J connectivity index is 2.50. The van der Waals surface area contributed by atoms with Crippen molar-refractivity contribution >= 4 is 29.5 Å². The van der Waals surface area contributed by atoms with Crippen LogP contribution in [0, 0.1) is 0 Å². The molecule has 0 aliphatic carbocycles. The van der Waals surface area contributed by atoms with Crippen LogP contribution in [0.1, 0.15) is 19.3 Å². The van der Waals surface area contributed by atoms with Gasteiger partial charge in [0.05, 0.1) is 12.6 Å².